The van der Waals surface area contributed by atoms with E-state index in [2.05, 4.69) is 25.8 Å². The van der Waals surface area contributed by atoms with Gasteiger partial charge in [-0.2, -0.15) is 0 Å². The van der Waals surface area contributed by atoms with Gasteiger partial charge in [-0.1, -0.05) is 0 Å². The second-order valence-electron chi connectivity index (χ2n) is 7.49. The van der Waals surface area contributed by atoms with Gasteiger partial charge in [0.25, 0.3) is 0 Å². The fourth-order valence-electron chi connectivity index (χ4n) is 4.36. The number of nitrogens with zero attached hydrogens (tertiary/aromatic N) is 2. The van der Waals surface area contributed by atoms with Crippen LogP contribution in [0.1, 0.15) is 17.2 Å². The van der Waals surface area contributed by atoms with Crippen molar-refractivity contribution in [3.05, 3.63) is 87.6 Å². The predicted octanol–water partition coefficient (Wildman–Crippen LogP) is 4.32. The molecule has 3 aromatic rings. The summed E-state index contributed by atoms with van der Waals surface area (Å²) in [5, 5.41) is 22.4. The average molecular weight is 574 g/mol. The summed E-state index contributed by atoms with van der Waals surface area (Å²) in [6.07, 6.45) is 0.576. The van der Waals surface area contributed by atoms with E-state index >= 15 is 0 Å². The number of rotatable bonds is 3. The monoisotopic (exact) mass is 572 g/mol. The molecule has 2 aromatic carbocycles. The molecule has 1 fully saturated rings. The second-order valence-corrected chi connectivity index (χ2v) is 13.4. The number of benzene rings is 2. The number of hydrogen-bond donors (Lipinski definition) is 1. The van der Waals surface area contributed by atoms with Gasteiger partial charge < -0.3 is 0 Å². The maximum absolute atomic E-state index is 13.4. The molecule has 2 aliphatic heterocycles. The van der Waals surface area contributed by atoms with Crippen molar-refractivity contribution >= 4 is 48.2 Å². The molecule has 0 saturated carbocycles. The van der Waals surface area contributed by atoms with Gasteiger partial charge in [-0.15, -0.1) is 0 Å². The zero-order valence-electron chi connectivity index (χ0n) is 16.4. The summed E-state index contributed by atoms with van der Waals surface area (Å²) in [5.41, 5.74) is 1.06. The van der Waals surface area contributed by atoms with Crippen LogP contribution in [0, 0.1) is 10.1 Å². The number of aromatic nitrogens is 1. The molecule has 1 aromatic heterocycles. The van der Waals surface area contributed by atoms with Crippen LogP contribution in [0.2, 0.25) is 9.73 Å². The van der Waals surface area contributed by atoms with Crippen LogP contribution in [-0.4, -0.2) is 36.8 Å². The Morgan fingerprint density at radius 2 is 1.97 bits per heavy atom. The van der Waals surface area contributed by atoms with Crippen molar-refractivity contribution in [2.24, 2.45) is 0 Å². The van der Waals surface area contributed by atoms with Crippen molar-refractivity contribution in [1.82, 2.24) is 4.98 Å². The molecule has 1 N–H and O–H groups in total. The first-order valence-corrected chi connectivity index (χ1v) is 13.8. The number of carbonyl (C=O) groups excluding carboxylic acids is 1. The number of esters is 1. The van der Waals surface area contributed by atoms with Crippen molar-refractivity contribution in [3.8, 4) is 16.4 Å². The number of fused-ring (bicyclic) bond motifs is 3. The Labute approximate surface area is 202 Å². The van der Waals surface area contributed by atoms with Gasteiger partial charge in [0, 0.05) is 0 Å². The SMILES string of the molecule is N#C[As]1C(C(=O)Oc2ccc(Br)cc2)C(c2ccccc2)C2Oc3cc(Cl)cnc3C21O. The van der Waals surface area contributed by atoms with Crippen LogP contribution in [0.3, 0.4) is 0 Å². The number of nitriles is 1. The summed E-state index contributed by atoms with van der Waals surface area (Å²) in [7, 11) is 0. The first kappa shape index (κ1) is 21.5. The van der Waals surface area contributed by atoms with Gasteiger partial charge in [0.2, 0.25) is 0 Å². The molecule has 0 amide bonds. The Morgan fingerprint density at radius 3 is 2.66 bits per heavy atom. The van der Waals surface area contributed by atoms with E-state index in [1.807, 2.05) is 30.3 Å². The van der Waals surface area contributed by atoms with Gasteiger partial charge in [-0.05, 0) is 0 Å². The van der Waals surface area contributed by atoms with Crippen molar-refractivity contribution in [3.63, 3.8) is 0 Å². The molecule has 0 spiro atoms. The van der Waals surface area contributed by atoms with Crippen LogP contribution < -0.4 is 9.47 Å². The number of carbonyl (C=O) groups is 1. The molecule has 0 aliphatic carbocycles. The van der Waals surface area contributed by atoms with Gasteiger partial charge in [0.1, 0.15) is 0 Å². The minimum absolute atomic E-state index is 0.272. The summed E-state index contributed by atoms with van der Waals surface area (Å²) in [4.78, 5) is 20.0. The van der Waals surface area contributed by atoms with Crippen LogP contribution in [0.5, 0.6) is 11.5 Å². The summed E-state index contributed by atoms with van der Waals surface area (Å²) in [6.45, 7) is 0. The summed E-state index contributed by atoms with van der Waals surface area (Å²) < 4.78 is 10.2. The third kappa shape index (κ3) is 3.34. The van der Waals surface area contributed by atoms with E-state index in [-0.39, 0.29) is 5.69 Å². The molecule has 3 heterocycles. The normalized spacial score (nSPS) is 27.7. The number of pyridine rings is 1. The molecule has 6 nitrogen and oxygen atoms in total. The molecular formula is C23H15AsBrClN2O4. The Bertz CT molecular complexity index is 1240. The number of ether oxygens (including phenoxy) is 2. The first-order valence-electron chi connectivity index (χ1n) is 9.70. The van der Waals surface area contributed by atoms with E-state index < -0.39 is 41.7 Å². The molecule has 2 aliphatic rings. The van der Waals surface area contributed by atoms with E-state index in [1.165, 1.54) is 6.20 Å². The zero-order chi connectivity index (χ0) is 22.5. The molecule has 0 radical (unpaired) electrons. The van der Waals surface area contributed by atoms with Gasteiger partial charge in [0.15, 0.2) is 0 Å². The van der Waals surface area contributed by atoms with Crippen LogP contribution in [0.25, 0.3) is 0 Å². The molecule has 0 bridgehead atoms. The third-order valence-corrected chi connectivity index (χ3v) is 11.7. The fourth-order valence-corrected chi connectivity index (χ4v) is 10.0. The van der Waals surface area contributed by atoms with Gasteiger partial charge in [-0.25, -0.2) is 0 Å². The van der Waals surface area contributed by atoms with Crippen LogP contribution >= 0.6 is 27.5 Å². The van der Waals surface area contributed by atoms with Gasteiger partial charge in [0.05, 0.1) is 0 Å². The predicted molar refractivity (Wildman–Crippen MR) is 122 cm³/mol. The van der Waals surface area contributed by atoms with Crippen molar-refractivity contribution in [1.29, 1.82) is 5.26 Å². The third-order valence-electron chi connectivity index (χ3n) is 5.70. The molecule has 5 rings (SSSR count). The minimum atomic E-state index is -3.03. The summed E-state index contributed by atoms with van der Waals surface area (Å²) in [6, 6.07) is 17.8. The Balaban J connectivity index is 1.61. The molecule has 5 atom stereocenters. The van der Waals surface area contributed by atoms with Gasteiger partial charge in [-0.3, -0.25) is 0 Å². The zero-order valence-corrected chi connectivity index (χ0v) is 20.6. The van der Waals surface area contributed by atoms with Crippen LogP contribution in [-0.2, 0) is 9.18 Å². The van der Waals surface area contributed by atoms with Crippen molar-refractivity contribution in [2.45, 2.75) is 21.1 Å². The Morgan fingerprint density at radius 1 is 1.25 bits per heavy atom. The standard InChI is InChI=1S/C23H15AsBrClN2O4/c25-14-6-8-16(9-7-14)31-22(29)19-18(13-4-2-1-3-5-13)21-23(30,24(19)12-27)20-17(32-21)10-15(26)11-28-20/h1-11,18-19,21,30H. The topological polar surface area (TPSA) is 92.4 Å². The second kappa shape index (κ2) is 8.20. The molecule has 1 saturated heterocycles. The number of halogens is 2. The average Bonchev–Trinajstić information content (AvgIpc) is 3.21. The molecular weight excluding hydrogens is 559 g/mol. The summed E-state index contributed by atoms with van der Waals surface area (Å²) >= 11 is 6.40. The molecule has 9 heteroatoms. The quantitative estimate of drug-likeness (QED) is 0.285. The molecule has 160 valence electrons. The van der Waals surface area contributed by atoms with Crippen LogP contribution in [0.15, 0.2) is 71.3 Å². The summed E-state index contributed by atoms with van der Waals surface area (Å²) in [5.74, 6) is -0.408. The van der Waals surface area contributed by atoms with Crippen molar-refractivity contribution < 1.29 is 19.4 Å². The number of hydrogen-bond acceptors (Lipinski definition) is 6. The fraction of sp³-hybridized carbons (Fsp3) is 0.174. The van der Waals surface area contributed by atoms with E-state index in [1.54, 1.807) is 30.3 Å². The molecule has 32 heavy (non-hydrogen) atoms. The van der Waals surface area contributed by atoms with Gasteiger partial charge >= 0.3 is 203 Å². The maximum atomic E-state index is 13.4. The Hall–Kier alpha value is -2.36. The van der Waals surface area contributed by atoms with E-state index in [0.29, 0.717) is 16.5 Å². The number of aliphatic hydroxyl groups is 1. The Kier molecular flexibility index (Phi) is 5.51. The first-order chi connectivity index (χ1) is 15.4. The van der Waals surface area contributed by atoms with Crippen molar-refractivity contribution in [2.75, 3.05) is 0 Å². The van der Waals surface area contributed by atoms with E-state index in [4.69, 9.17) is 21.1 Å². The molecule has 5 unspecified atom stereocenters. The van der Waals surface area contributed by atoms with Crippen LogP contribution in [0.4, 0.5) is 0 Å². The van der Waals surface area contributed by atoms with E-state index in [0.717, 1.165) is 10.0 Å². The van der Waals surface area contributed by atoms with E-state index in [9.17, 15) is 15.2 Å².